The highest BCUT2D eigenvalue weighted by atomic mass is 35.5. The Bertz CT molecular complexity index is 1280. The number of hydrogen-bond acceptors (Lipinski definition) is 9. The SMILES string of the molecule is COC(=O)C12CC1(n1nc(OCCCn3nc(Cl)c4cnc(Cl)nc43)c([N+](=O)[O-])c1C)C2. The molecule has 0 N–H and O–H groups in total. The van der Waals surface area contributed by atoms with Crippen molar-refractivity contribution < 1.29 is 19.2 Å². The first-order valence-corrected chi connectivity index (χ1v) is 10.5. The molecule has 0 amide bonds. The summed E-state index contributed by atoms with van der Waals surface area (Å²) < 4.78 is 13.7. The number of methoxy groups -OCH3 is 1. The molecule has 3 aromatic rings. The highest BCUT2D eigenvalue weighted by molar-refractivity contribution is 6.34. The van der Waals surface area contributed by atoms with Crippen LogP contribution >= 0.6 is 23.2 Å². The number of aromatic nitrogens is 6. The van der Waals surface area contributed by atoms with Gasteiger partial charge in [0, 0.05) is 19.2 Å². The summed E-state index contributed by atoms with van der Waals surface area (Å²) in [5, 5.41) is 21.1. The maximum absolute atomic E-state index is 12.1. The summed E-state index contributed by atoms with van der Waals surface area (Å²) in [6, 6.07) is 0. The van der Waals surface area contributed by atoms with Crippen LogP contribution in [-0.4, -0.2) is 54.1 Å². The molecule has 3 heterocycles. The van der Waals surface area contributed by atoms with Gasteiger partial charge in [0.05, 0.1) is 35.0 Å². The van der Waals surface area contributed by atoms with Gasteiger partial charge in [0.1, 0.15) is 5.69 Å². The molecule has 2 aliphatic rings. The van der Waals surface area contributed by atoms with E-state index in [2.05, 4.69) is 20.2 Å². The molecule has 3 aromatic heterocycles. The Morgan fingerprint density at radius 2 is 2.09 bits per heavy atom. The number of rotatable bonds is 8. The molecule has 0 aliphatic heterocycles. The zero-order valence-electron chi connectivity index (χ0n) is 17.0. The Morgan fingerprint density at radius 3 is 2.78 bits per heavy atom. The summed E-state index contributed by atoms with van der Waals surface area (Å²) >= 11 is 12.0. The van der Waals surface area contributed by atoms with Crippen LogP contribution in [0.25, 0.3) is 11.0 Å². The van der Waals surface area contributed by atoms with Crippen LogP contribution in [0.15, 0.2) is 6.20 Å². The van der Waals surface area contributed by atoms with Crippen LogP contribution in [0.4, 0.5) is 5.69 Å². The van der Waals surface area contributed by atoms with Crippen LogP contribution in [0, 0.1) is 22.5 Å². The summed E-state index contributed by atoms with van der Waals surface area (Å²) in [5.74, 6) is -0.389. The summed E-state index contributed by atoms with van der Waals surface area (Å²) in [7, 11) is 1.33. The highest BCUT2D eigenvalue weighted by Gasteiger charge is 2.90. The van der Waals surface area contributed by atoms with Crippen LogP contribution in [0.2, 0.25) is 10.4 Å². The molecule has 2 fully saturated rings. The van der Waals surface area contributed by atoms with Gasteiger partial charge in [-0.05, 0) is 31.4 Å². The number of carbonyl (C=O) groups is 1. The van der Waals surface area contributed by atoms with E-state index in [9.17, 15) is 14.9 Å². The molecule has 2 saturated carbocycles. The lowest BCUT2D eigenvalue weighted by atomic mass is 10.2. The third-order valence-electron chi connectivity index (χ3n) is 6.21. The lowest BCUT2D eigenvalue weighted by Crippen LogP contribution is -2.13. The fraction of sp³-hybridized carbons (Fsp3) is 0.500. The smallest absolute Gasteiger partial charge is 0.352 e. The summed E-state index contributed by atoms with van der Waals surface area (Å²) in [6.45, 7) is 2.14. The Hall–Kier alpha value is -2.99. The van der Waals surface area contributed by atoms with Crippen molar-refractivity contribution in [1.29, 1.82) is 0 Å². The van der Waals surface area contributed by atoms with E-state index >= 15 is 0 Å². The van der Waals surface area contributed by atoms with Gasteiger partial charge in [0.15, 0.2) is 10.8 Å². The fourth-order valence-electron chi connectivity index (χ4n) is 4.37. The summed E-state index contributed by atoms with van der Waals surface area (Å²) in [6.07, 6.45) is 3.07. The van der Waals surface area contributed by atoms with Crippen molar-refractivity contribution in [2.24, 2.45) is 5.41 Å². The maximum atomic E-state index is 12.1. The van der Waals surface area contributed by atoms with Crippen LogP contribution in [0.5, 0.6) is 5.88 Å². The molecule has 0 bridgehead atoms. The van der Waals surface area contributed by atoms with Gasteiger partial charge in [-0.25, -0.2) is 9.67 Å². The van der Waals surface area contributed by atoms with Crippen molar-refractivity contribution in [3.63, 3.8) is 0 Å². The normalized spacial score (nSPS) is 23.1. The predicted molar refractivity (Wildman–Crippen MR) is 111 cm³/mol. The minimum atomic E-state index is -0.618. The van der Waals surface area contributed by atoms with Gasteiger partial charge >= 0.3 is 17.5 Å². The van der Waals surface area contributed by atoms with Gasteiger partial charge in [0.25, 0.3) is 0 Å². The molecule has 0 spiro atoms. The second kappa shape index (κ2) is 7.01. The average molecular weight is 482 g/mol. The first-order chi connectivity index (χ1) is 15.2. The molecule has 2 aliphatic carbocycles. The first-order valence-electron chi connectivity index (χ1n) is 9.74. The Balaban J connectivity index is 1.30. The van der Waals surface area contributed by atoms with E-state index in [4.69, 9.17) is 32.7 Å². The second-order valence-electron chi connectivity index (χ2n) is 7.96. The van der Waals surface area contributed by atoms with Crippen LogP contribution in [-0.2, 0) is 21.6 Å². The molecule has 12 nitrogen and oxygen atoms in total. The molecule has 0 unspecified atom stereocenters. The lowest BCUT2D eigenvalue weighted by Gasteiger charge is -2.05. The number of carbonyl (C=O) groups excluding carboxylic acids is 1. The summed E-state index contributed by atoms with van der Waals surface area (Å²) in [5.41, 5.74) is -0.525. The molecular formula is C18H17Cl2N7O5. The predicted octanol–water partition coefficient (Wildman–Crippen LogP) is 2.68. The first kappa shape index (κ1) is 20.9. The van der Waals surface area contributed by atoms with Crippen LogP contribution in [0.1, 0.15) is 25.0 Å². The van der Waals surface area contributed by atoms with E-state index in [1.165, 1.54) is 13.3 Å². The average Bonchev–Trinajstić information content (AvgIpc) is 3.50. The molecule has 0 saturated heterocycles. The van der Waals surface area contributed by atoms with E-state index in [0.717, 1.165) is 0 Å². The number of aryl methyl sites for hydroxylation is 1. The van der Waals surface area contributed by atoms with E-state index in [1.807, 2.05) is 0 Å². The Labute approximate surface area is 190 Å². The quantitative estimate of drug-likeness (QED) is 0.156. The number of halogens is 2. The van der Waals surface area contributed by atoms with Gasteiger partial charge < -0.3 is 9.47 Å². The largest absolute Gasteiger partial charge is 0.472 e. The zero-order chi connectivity index (χ0) is 22.8. The van der Waals surface area contributed by atoms with Gasteiger partial charge in [-0.1, -0.05) is 11.6 Å². The topological polar surface area (TPSA) is 140 Å². The third kappa shape index (κ3) is 2.85. The minimum absolute atomic E-state index is 0.0748. The molecule has 168 valence electrons. The number of nitro groups is 1. The van der Waals surface area contributed by atoms with Crippen molar-refractivity contribution in [3.05, 3.63) is 32.4 Å². The van der Waals surface area contributed by atoms with Crippen LogP contribution in [0.3, 0.4) is 0 Å². The van der Waals surface area contributed by atoms with Crippen LogP contribution < -0.4 is 4.74 Å². The fourth-order valence-corrected chi connectivity index (χ4v) is 4.73. The van der Waals surface area contributed by atoms with Crippen molar-refractivity contribution in [2.75, 3.05) is 13.7 Å². The van der Waals surface area contributed by atoms with Crippen molar-refractivity contribution in [2.45, 2.75) is 38.3 Å². The monoisotopic (exact) mass is 481 g/mol. The van der Waals surface area contributed by atoms with Gasteiger partial charge in [-0.15, -0.1) is 5.10 Å². The molecular weight excluding hydrogens is 465 g/mol. The number of ether oxygens (including phenoxy) is 2. The van der Waals surface area contributed by atoms with Crippen molar-refractivity contribution >= 4 is 45.9 Å². The van der Waals surface area contributed by atoms with E-state index in [0.29, 0.717) is 42.5 Å². The zero-order valence-corrected chi connectivity index (χ0v) is 18.6. The molecule has 32 heavy (non-hydrogen) atoms. The molecule has 14 heteroatoms. The van der Waals surface area contributed by atoms with Gasteiger partial charge in [0.2, 0.25) is 5.28 Å². The standard InChI is InChI=1S/C18H17Cl2N7O5/c1-9-11(27(29)30)14(24-26(9)18-7-17(18,8-18)15(28)31-2)32-5-3-4-25-13-10(12(19)23-25)6-21-16(20)22-13/h6H,3-5,7-8H2,1-2H3. The summed E-state index contributed by atoms with van der Waals surface area (Å²) in [4.78, 5) is 31.2. The second-order valence-corrected chi connectivity index (χ2v) is 8.66. The van der Waals surface area contributed by atoms with Gasteiger partial charge in [-0.3, -0.25) is 19.6 Å². The maximum Gasteiger partial charge on any atom is 0.352 e. The van der Waals surface area contributed by atoms with Gasteiger partial charge in [-0.2, -0.15) is 10.1 Å². The van der Waals surface area contributed by atoms with E-state index in [1.54, 1.807) is 16.3 Å². The molecule has 5 rings (SSSR count). The lowest BCUT2D eigenvalue weighted by molar-refractivity contribution is -0.386. The number of nitrogens with zero attached hydrogens (tertiary/aromatic N) is 7. The number of esters is 1. The molecule has 0 aromatic carbocycles. The number of fused-ring (bicyclic) bond motifs is 2. The third-order valence-corrected chi connectivity index (χ3v) is 6.68. The molecule has 0 radical (unpaired) electrons. The van der Waals surface area contributed by atoms with Crippen molar-refractivity contribution in [1.82, 2.24) is 29.5 Å². The molecule has 0 atom stereocenters. The van der Waals surface area contributed by atoms with E-state index in [-0.39, 0.29) is 34.6 Å². The van der Waals surface area contributed by atoms with Crippen molar-refractivity contribution in [3.8, 4) is 5.88 Å². The minimum Gasteiger partial charge on any atom is -0.472 e. The number of hydrogen-bond donors (Lipinski definition) is 0. The Morgan fingerprint density at radius 1 is 1.34 bits per heavy atom. The Kier molecular flexibility index (Phi) is 4.57. The van der Waals surface area contributed by atoms with E-state index < -0.39 is 15.9 Å². The highest BCUT2D eigenvalue weighted by Crippen LogP contribution is 2.84.